The van der Waals surface area contributed by atoms with Gasteiger partial charge in [0.2, 0.25) is 12.2 Å². The SMILES string of the molecule is C/C(=C/c1c[nH]c2cc(C)ccc12)[N+](=O)[O-].CC(=O)/C=C/c1cc(F)c(C2c3[nH]c4cc(C)ccc4c3CC(C)N2CC(C)(C)F)c(F)c1.CCC(C)(C)F.CCOC(=O)/C=C/c1cc(F)c(OC)c(F)c1.CC[N+](=O)[O-].Cc1ccc2c(C=O)c[nH]c2c1.Cc1ccc2c(CC(C)N)c[nH]c2c1.Cc1ccc2c(CC(C)NCC(C)(C)F)c[nH]c2c1. The highest BCUT2D eigenvalue weighted by Crippen LogP contribution is 2.44. The average Bonchev–Trinajstić information content (AvgIpc) is 1.54. The second-order valence-electron chi connectivity index (χ2n) is 32.4. The summed E-state index contributed by atoms with van der Waals surface area (Å²) in [4.78, 5) is 69.7. The van der Waals surface area contributed by atoms with Crippen molar-refractivity contribution >= 4 is 90.8 Å². The van der Waals surface area contributed by atoms with Crippen molar-refractivity contribution in [1.82, 2.24) is 35.1 Å². The van der Waals surface area contributed by atoms with Crippen molar-refractivity contribution < 1.29 is 64.4 Å². The molecule has 26 heteroatoms. The highest BCUT2D eigenvalue weighted by atomic mass is 19.2. The summed E-state index contributed by atoms with van der Waals surface area (Å²) >= 11 is 0. The number of aryl methyl sites for hydroxylation is 5. The lowest BCUT2D eigenvalue weighted by atomic mass is 9.86. The lowest BCUT2D eigenvalue weighted by Crippen LogP contribution is -2.48. The van der Waals surface area contributed by atoms with Crippen molar-refractivity contribution in [2.24, 2.45) is 5.73 Å². The van der Waals surface area contributed by atoms with E-state index < -0.39 is 58.0 Å². The standard InChI is InChI=1S/C27H29F3N2O.C16H23FN2.C12H12F2O3.C12H12N2O2.C12H16N2.C10H9NO.C5H11F.C2H5NO2/c1-15-6-9-19-20-11-16(2)32(14-27(4,5)30)26(25(20)31-23(19)10-15)24-21(28)12-18(13-22(24)29)8-7-17(3)33;1-11-5-6-14-13(9-18-15(14)7-11)8-12(2)19-10-16(3,4)17;1-3-17-11(15)5-4-8-6-9(13)12(16-2)10(14)7-8;1-8-3-4-11-10(6-9(2)14(15)16)7-13-12(11)5-8;1-8-3-4-11-10(6-9(2)13)7-14-12(11)5-8;1-7-2-3-9-8(6-12)5-11-10(9)4-7;1-4-5(2,3)6;1-2-3(4)5/h6-10,12-13,16,26,31H,11,14H2,1-5H3;5-7,9,12,18-19H,8,10H2,1-4H3;4-7H,3H2,1-2H3;3-7,13H,1-2H3;3-5,7,9,14H,6,13H2,1-2H3;2-6,11H,1H3;4H2,1-3H3;2H2,1H3/b8-7+;;5-4+;9-6-;;;;. The number of nitrogens with two attached hydrogens (primary N) is 1. The van der Waals surface area contributed by atoms with Crippen LogP contribution in [0.25, 0.3) is 72.7 Å². The van der Waals surface area contributed by atoms with E-state index in [0.717, 1.165) is 97.9 Å². The van der Waals surface area contributed by atoms with Crippen LogP contribution in [0.1, 0.15) is 192 Å². The molecule has 0 spiro atoms. The molecule has 0 fully saturated rings. The normalized spacial score (nSPS) is 13.9. The van der Waals surface area contributed by atoms with Crippen molar-refractivity contribution in [1.29, 1.82) is 0 Å². The molecular weight excluding hydrogens is 1570 g/mol. The van der Waals surface area contributed by atoms with E-state index in [1.165, 1.54) is 122 Å². The molecule has 6 heterocycles. The number of hydrogen-bond acceptors (Lipinski definition) is 12. The Hall–Kier alpha value is -11.7. The summed E-state index contributed by atoms with van der Waals surface area (Å²) in [5, 5.41) is 28.6. The van der Waals surface area contributed by atoms with Gasteiger partial charge in [0.15, 0.2) is 29.5 Å². The fraction of sp³-hybridized carbons (Fsp3) is 0.365. The maximum Gasteiger partial charge on any atom is 0.330 e. The maximum atomic E-state index is 15.5. The summed E-state index contributed by atoms with van der Waals surface area (Å²) in [6.45, 7) is 34.2. The first-order valence-corrected chi connectivity index (χ1v) is 40.4. The molecule has 122 heavy (non-hydrogen) atoms. The molecule has 654 valence electrons. The molecule has 0 amide bonds. The van der Waals surface area contributed by atoms with E-state index in [4.69, 9.17) is 5.73 Å². The van der Waals surface area contributed by atoms with Gasteiger partial charge in [-0.25, -0.2) is 35.5 Å². The molecule has 1 aliphatic rings. The van der Waals surface area contributed by atoms with E-state index in [9.17, 15) is 56.6 Å². The Labute approximate surface area is 709 Å². The van der Waals surface area contributed by atoms with Crippen LogP contribution in [0, 0.1) is 78.1 Å². The van der Waals surface area contributed by atoms with E-state index in [1.54, 1.807) is 53.1 Å². The first-order chi connectivity index (χ1) is 57.2. The van der Waals surface area contributed by atoms with Gasteiger partial charge in [0.05, 0.1) is 24.7 Å². The second kappa shape index (κ2) is 45.2. The zero-order valence-corrected chi connectivity index (χ0v) is 73.4. The predicted octanol–water partition coefficient (Wildman–Crippen LogP) is 22.9. The number of carbonyl (C=O) groups excluding carboxylic acids is 3. The molecule has 5 aromatic heterocycles. The number of esters is 1. The minimum Gasteiger partial charge on any atom is -0.491 e. The lowest BCUT2D eigenvalue weighted by Gasteiger charge is -2.43. The molecule has 0 aliphatic carbocycles. The van der Waals surface area contributed by atoms with Crippen LogP contribution in [0.5, 0.6) is 5.75 Å². The summed E-state index contributed by atoms with van der Waals surface area (Å²) < 4.78 is 107. The zero-order chi connectivity index (χ0) is 90.8. The van der Waals surface area contributed by atoms with Crippen LogP contribution in [0.2, 0.25) is 0 Å². The molecule has 19 nitrogen and oxygen atoms in total. The van der Waals surface area contributed by atoms with Crippen LogP contribution in [-0.4, -0.2) is 126 Å². The number of fused-ring (bicyclic) bond motifs is 7. The number of ether oxygens (including phenoxy) is 2. The Balaban J connectivity index is 0.000000228. The third-order valence-electron chi connectivity index (χ3n) is 19.5. The number of hydrogen-bond donors (Lipinski definition) is 7. The number of H-pyrrole nitrogens is 5. The van der Waals surface area contributed by atoms with Gasteiger partial charge < -0.3 is 45.4 Å². The summed E-state index contributed by atoms with van der Waals surface area (Å²) in [7, 11) is 1.18. The van der Waals surface area contributed by atoms with Crippen molar-refractivity contribution in [3.05, 3.63) is 279 Å². The number of nitro groups is 2. The van der Waals surface area contributed by atoms with Crippen LogP contribution in [-0.2, 0) is 33.6 Å². The molecule has 4 unspecified atom stereocenters. The largest absolute Gasteiger partial charge is 0.491 e. The number of allylic oxidation sites excluding steroid dienone is 2. The minimum absolute atomic E-state index is 0.0253. The Kier molecular flexibility index (Phi) is 36.7. The molecule has 0 bridgehead atoms. The first kappa shape index (κ1) is 99.1. The monoisotopic (exact) mass is 1690 g/mol. The number of carbonyl (C=O) groups is 3. The maximum absolute atomic E-state index is 15.5. The highest BCUT2D eigenvalue weighted by Gasteiger charge is 2.41. The second-order valence-corrected chi connectivity index (χ2v) is 32.4. The number of rotatable bonds is 21. The molecule has 0 saturated carbocycles. The van der Waals surface area contributed by atoms with E-state index in [0.29, 0.717) is 25.1 Å². The van der Waals surface area contributed by atoms with Gasteiger partial charge in [0, 0.05) is 164 Å². The number of methoxy groups -OCH3 is 1. The fourth-order valence-corrected chi connectivity index (χ4v) is 13.2. The molecule has 0 radical (unpaired) electrons. The minimum atomic E-state index is -1.55. The number of nitrogens with one attached hydrogen (secondary N) is 6. The van der Waals surface area contributed by atoms with Crippen molar-refractivity contribution in [3.63, 3.8) is 0 Å². The first-order valence-electron chi connectivity index (χ1n) is 40.4. The van der Waals surface area contributed by atoms with Crippen LogP contribution < -0.4 is 15.8 Å². The summed E-state index contributed by atoms with van der Waals surface area (Å²) in [5.41, 5.74) is 19.8. The van der Waals surface area contributed by atoms with Gasteiger partial charge in [-0.05, 0) is 259 Å². The molecular formula is C96H117F7N10O9. The van der Waals surface area contributed by atoms with Gasteiger partial charge in [-0.3, -0.25) is 34.7 Å². The number of ketones is 1. The van der Waals surface area contributed by atoms with Crippen LogP contribution in [0.3, 0.4) is 0 Å². The Morgan fingerprint density at radius 2 is 1.02 bits per heavy atom. The summed E-state index contributed by atoms with van der Waals surface area (Å²) in [5.74, 6) is -4.32. The van der Waals surface area contributed by atoms with Crippen molar-refractivity contribution in [2.45, 2.75) is 198 Å². The van der Waals surface area contributed by atoms with Gasteiger partial charge in [0.25, 0.3) is 0 Å². The molecule has 4 atom stereocenters. The number of benzene rings is 7. The van der Waals surface area contributed by atoms with Crippen LogP contribution >= 0.6 is 0 Å². The van der Waals surface area contributed by atoms with Crippen molar-refractivity contribution in [3.8, 4) is 5.75 Å². The van der Waals surface area contributed by atoms with E-state index in [1.807, 2.05) is 101 Å². The molecule has 12 aromatic rings. The van der Waals surface area contributed by atoms with Gasteiger partial charge in [-0.1, -0.05) is 73.7 Å². The molecule has 0 saturated heterocycles. The fourth-order valence-electron chi connectivity index (χ4n) is 13.2. The molecule has 13 rings (SSSR count). The third-order valence-corrected chi connectivity index (χ3v) is 19.5. The van der Waals surface area contributed by atoms with E-state index in [2.05, 4.69) is 109 Å². The third kappa shape index (κ3) is 30.4. The van der Waals surface area contributed by atoms with Crippen LogP contribution in [0.4, 0.5) is 30.7 Å². The Bertz CT molecular complexity index is 5590. The van der Waals surface area contributed by atoms with Crippen LogP contribution in [0.15, 0.2) is 158 Å². The van der Waals surface area contributed by atoms with Gasteiger partial charge in [-0.15, -0.1) is 0 Å². The zero-order valence-electron chi connectivity index (χ0n) is 73.4. The van der Waals surface area contributed by atoms with E-state index >= 15 is 8.78 Å². The number of aromatic nitrogens is 5. The summed E-state index contributed by atoms with van der Waals surface area (Å²) in [6.07, 6.45) is 18.2. The topological polar surface area (TPSA) is 276 Å². The Morgan fingerprint density at radius 3 is 1.44 bits per heavy atom. The molecule has 8 N–H and O–H groups in total. The number of aromatic amines is 5. The van der Waals surface area contributed by atoms with Crippen molar-refractivity contribution in [2.75, 3.05) is 33.4 Å². The number of nitrogens with zero attached hydrogens (tertiary/aromatic N) is 3. The smallest absolute Gasteiger partial charge is 0.330 e. The molecule has 1 aliphatic heterocycles. The lowest BCUT2D eigenvalue weighted by molar-refractivity contribution is -0.475. The number of aldehydes is 1. The summed E-state index contributed by atoms with van der Waals surface area (Å²) in [6, 6.07) is 35.1. The highest BCUT2D eigenvalue weighted by molar-refractivity contribution is 5.97. The number of halogens is 7. The quantitative estimate of drug-likeness (QED) is 0.00883. The van der Waals surface area contributed by atoms with Gasteiger partial charge in [-0.2, -0.15) is 0 Å². The molecule has 7 aromatic carbocycles. The average molecular weight is 1690 g/mol. The Morgan fingerprint density at radius 1 is 0.607 bits per heavy atom. The van der Waals surface area contributed by atoms with E-state index in [-0.39, 0.29) is 75.8 Å². The predicted molar refractivity (Wildman–Crippen MR) is 479 cm³/mol. The van der Waals surface area contributed by atoms with Gasteiger partial charge >= 0.3 is 5.97 Å². The number of alkyl halides is 3. The van der Waals surface area contributed by atoms with Gasteiger partial charge in [0.1, 0.15) is 28.6 Å².